The van der Waals surface area contributed by atoms with Gasteiger partial charge >= 0.3 is 0 Å². The molecule has 0 unspecified atom stereocenters. The standard InChI is InChI=1S/C10H14ClN3S/c1-15-5-4-12-9-6-8(11)13-10(14-9)7-2-3-7/h6-7H,2-5H2,1H3,(H,12,13,14). The molecule has 1 heterocycles. The fourth-order valence-electron chi connectivity index (χ4n) is 1.33. The van der Waals surface area contributed by atoms with Gasteiger partial charge < -0.3 is 5.32 Å². The predicted octanol–water partition coefficient (Wildman–Crippen LogP) is 2.78. The van der Waals surface area contributed by atoms with Crippen LogP contribution in [0.4, 0.5) is 5.82 Å². The van der Waals surface area contributed by atoms with Gasteiger partial charge in [0.15, 0.2) is 0 Å². The first kappa shape index (κ1) is 11.0. The zero-order chi connectivity index (χ0) is 10.7. The molecule has 0 aliphatic heterocycles. The molecule has 1 N–H and O–H groups in total. The highest BCUT2D eigenvalue weighted by atomic mass is 35.5. The third kappa shape index (κ3) is 3.24. The molecular weight excluding hydrogens is 230 g/mol. The van der Waals surface area contributed by atoms with Crippen LogP contribution in [0.2, 0.25) is 5.15 Å². The van der Waals surface area contributed by atoms with Gasteiger partial charge in [0.05, 0.1) is 0 Å². The normalized spacial score (nSPS) is 15.3. The molecule has 1 aliphatic carbocycles. The lowest BCUT2D eigenvalue weighted by atomic mass is 10.4. The van der Waals surface area contributed by atoms with E-state index in [-0.39, 0.29) is 0 Å². The maximum atomic E-state index is 5.94. The topological polar surface area (TPSA) is 37.8 Å². The number of nitrogens with zero attached hydrogens (tertiary/aromatic N) is 2. The van der Waals surface area contributed by atoms with Crippen LogP contribution in [0.25, 0.3) is 0 Å². The lowest BCUT2D eigenvalue weighted by Gasteiger charge is -2.06. The lowest BCUT2D eigenvalue weighted by Crippen LogP contribution is -2.07. The van der Waals surface area contributed by atoms with E-state index >= 15 is 0 Å². The van der Waals surface area contributed by atoms with Gasteiger partial charge in [0, 0.05) is 24.3 Å². The van der Waals surface area contributed by atoms with Crippen LogP contribution < -0.4 is 5.32 Å². The summed E-state index contributed by atoms with van der Waals surface area (Å²) >= 11 is 7.75. The first-order valence-electron chi connectivity index (χ1n) is 5.07. The maximum Gasteiger partial charge on any atom is 0.135 e. The van der Waals surface area contributed by atoms with Crippen LogP contribution in [0.5, 0.6) is 0 Å². The first-order chi connectivity index (χ1) is 7.29. The Hall–Kier alpha value is -0.480. The Morgan fingerprint density at radius 1 is 1.53 bits per heavy atom. The minimum absolute atomic E-state index is 0.540. The molecule has 0 atom stereocenters. The average Bonchev–Trinajstić information content (AvgIpc) is 3.00. The third-order valence-electron chi connectivity index (χ3n) is 2.27. The van der Waals surface area contributed by atoms with Crippen LogP contribution in [0.3, 0.4) is 0 Å². The molecule has 1 aromatic heterocycles. The van der Waals surface area contributed by atoms with E-state index in [9.17, 15) is 0 Å². The van der Waals surface area contributed by atoms with E-state index in [2.05, 4.69) is 21.5 Å². The lowest BCUT2D eigenvalue weighted by molar-refractivity contribution is 0.924. The zero-order valence-corrected chi connectivity index (χ0v) is 10.2. The molecule has 5 heteroatoms. The molecule has 82 valence electrons. The quantitative estimate of drug-likeness (QED) is 0.638. The van der Waals surface area contributed by atoms with E-state index in [1.165, 1.54) is 12.8 Å². The van der Waals surface area contributed by atoms with Crippen molar-refractivity contribution in [2.24, 2.45) is 0 Å². The smallest absolute Gasteiger partial charge is 0.135 e. The number of hydrogen-bond donors (Lipinski definition) is 1. The van der Waals surface area contributed by atoms with E-state index < -0.39 is 0 Å². The number of nitrogens with one attached hydrogen (secondary N) is 1. The molecular formula is C10H14ClN3S. The SMILES string of the molecule is CSCCNc1cc(Cl)nc(C2CC2)n1. The number of aromatic nitrogens is 2. The van der Waals surface area contributed by atoms with Crippen LogP contribution >= 0.6 is 23.4 Å². The van der Waals surface area contributed by atoms with Gasteiger partial charge in [0.2, 0.25) is 0 Å². The molecule has 0 radical (unpaired) electrons. The predicted molar refractivity (Wildman–Crippen MR) is 65.9 cm³/mol. The monoisotopic (exact) mass is 243 g/mol. The molecule has 15 heavy (non-hydrogen) atoms. The fourth-order valence-corrected chi connectivity index (χ4v) is 1.83. The Morgan fingerprint density at radius 3 is 3.00 bits per heavy atom. The number of thioether (sulfide) groups is 1. The first-order valence-corrected chi connectivity index (χ1v) is 6.84. The second kappa shape index (κ2) is 5.03. The third-order valence-corrected chi connectivity index (χ3v) is 3.07. The van der Waals surface area contributed by atoms with Crippen LogP contribution in [-0.2, 0) is 0 Å². The molecule has 3 nitrogen and oxygen atoms in total. The summed E-state index contributed by atoms with van der Waals surface area (Å²) in [7, 11) is 0. The van der Waals surface area contributed by atoms with Crippen LogP contribution in [0, 0.1) is 0 Å². The van der Waals surface area contributed by atoms with Crippen LogP contribution in [-0.4, -0.2) is 28.5 Å². The van der Waals surface area contributed by atoms with Gasteiger partial charge in [-0.3, -0.25) is 0 Å². The molecule has 0 spiro atoms. The number of rotatable bonds is 5. The Bertz CT molecular complexity index is 341. The highest BCUT2D eigenvalue weighted by molar-refractivity contribution is 7.98. The number of halogens is 1. The molecule has 0 bridgehead atoms. The Balaban J connectivity index is 2.02. The van der Waals surface area contributed by atoms with Gasteiger partial charge in [-0.1, -0.05) is 11.6 Å². The van der Waals surface area contributed by atoms with Gasteiger partial charge in [0.1, 0.15) is 16.8 Å². The van der Waals surface area contributed by atoms with Gasteiger partial charge in [0.25, 0.3) is 0 Å². The summed E-state index contributed by atoms with van der Waals surface area (Å²) in [6, 6.07) is 1.79. The largest absolute Gasteiger partial charge is 0.369 e. The number of anilines is 1. The molecule has 1 aromatic rings. The van der Waals surface area contributed by atoms with Crippen molar-refractivity contribution in [3.63, 3.8) is 0 Å². The van der Waals surface area contributed by atoms with Crippen molar-refractivity contribution in [3.05, 3.63) is 17.0 Å². The summed E-state index contributed by atoms with van der Waals surface area (Å²) < 4.78 is 0. The minimum Gasteiger partial charge on any atom is -0.369 e. The van der Waals surface area contributed by atoms with Crippen molar-refractivity contribution >= 4 is 29.2 Å². The molecule has 0 saturated heterocycles. The van der Waals surface area contributed by atoms with Crippen molar-refractivity contribution in [1.29, 1.82) is 0 Å². The summed E-state index contributed by atoms with van der Waals surface area (Å²) in [6.45, 7) is 0.915. The van der Waals surface area contributed by atoms with E-state index in [0.29, 0.717) is 11.1 Å². The Kier molecular flexibility index (Phi) is 3.70. The van der Waals surface area contributed by atoms with Gasteiger partial charge in [-0.25, -0.2) is 9.97 Å². The van der Waals surface area contributed by atoms with Crippen LogP contribution in [0.15, 0.2) is 6.07 Å². The van der Waals surface area contributed by atoms with Crippen molar-refractivity contribution < 1.29 is 0 Å². The van der Waals surface area contributed by atoms with Crippen molar-refractivity contribution in [1.82, 2.24) is 9.97 Å². The number of hydrogen-bond acceptors (Lipinski definition) is 4. The average molecular weight is 244 g/mol. The van der Waals surface area contributed by atoms with Crippen molar-refractivity contribution in [3.8, 4) is 0 Å². The highest BCUT2D eigenvalue weighted by Gasteiger charge is 2.27. The molecule has 0 amide bonds. The summed E-state index contributed by atoms with van der Waals surface area (Å²) in [4.78, 5) is 8.68. The van der Waals surface area contributed by atoms with Gasteiger partial charge in [-0.2, -0.15) is 11.8 Å². The van der Waals surface area contributed by atoms with Gasteiger partial charge in [-0.15, -0.1) is 0 Å². The van der Waals surface area contributed by atoms with Crippen molar-refractivity contribution in [2.45, 2.75) is 18.8 Å². The molecule has 1 aliphatic rings. The van der Waals surface area contributed by atoms with Gasteiger partial charge in [-0.05, 0) is 19.1 Å². The summed E-state index contributed by atoms with van der Waals surface area (Å²) in [5.41, 5.74) is 0. The second-order valence-electron chi connectivity index (χ2n) is 3.63. The molecule has 1 saturated carbocycles. The fraction of sp³-hybridized carbons (Fsp3) is 0.600. The second-order valence-corrected chi connectivity index (χ2v) is 5.00. The zero-order valence-electron chi connectivity index (χ0n) is 8.66. The highest BCUT2D eigenvalue weighted by Crippen LogP contribution is 2.38. The van der Waals surface area contributed by atoms with Crippen LogP contribution in [0.1, 0.15) is 24.6 Å². The van der Waals surface area contributed by atoms with E-state index in [0.717, 1.165) is 23.9 Å². The Labute approximate surface area is 99.0 Å². The maximum absolute atomic E-state index is 5.94. The minimum atomic E-state index is 0.540. The van der Waals surface area contributed by atoms with E-state index in [4.69, 9.17) is 11.6 Å². The Morgan fingerprint density at radius 2 is 2.33 bits per heavy atom. The molecule has 2 rings (SSSR count). The molecule has 1 fully saturated rings. The van der Waals surface area contributed by atoms with Crippen molar-refractivity contribution in [2.75, 3.05) is 23.9 Å². The summed E-state index contributed by atoms with van der Waals surface area (Å²) in [5, 5.41) is 3.79. The summed E-state index contributed by atoms with van der Waals surface area (Å²) in [5.74, 6) is 3.37. The van der Waals surface area contributed by atoms with E-state index in [1.807, 2.05) is 11.8 Å². The van der Waals surface area contributed by atoms with E-state index in [1.54, 1.807) is 6.07 Å². The summed E-state index contributed by atoms with van der Waals surface area (Å²) in [6.07, 6.45) is 4.49. The molecule has 0 aromatic carbocycles.